The smallest absolute Gasteiger partial charge is 0.270 e. The Morgan fingerprint density at radius 1 is 0.957 bits per heavy atom. The highest BCUT2D eigenvalue weighted by Crippen LogP contribution is 2.26. The average molecular weight is 632 g/mol. The van der Waals surface area contributed by atoms with E-state index < -0.39 is 11.9 Å². The van der Waals surface area contributed by atoms with Crippen LogP contribution in [0.5, 0.6) is 5.88 Å². The molecule has 46 heavy (non-hydrogen) atoms. The minimum Gasteiger partial charge on any atom is -0.475 e. The zero-order valence-electron chi connectivity index (χ0n) is 25.6. The topological polar surface area (TPSA) is 130 Å². The molecule has 0 unspecified atom stereocenters. The molecule has 0 saturated carbocycles. The highest BCUT2D eigenvalue weighted by Gasteiger charge is 2.40. The van der Waals surface area contributed by atoms with Crippen molar-refractivity contribution in [2.45, 2.75) is 37.9 Å². The lowest BCUT2D eigenvalue weighted by atomic mass is 9.95. The number of piperidine rings is 1. The maximum Gasteiger partial charge on any atom is 0.270 e. The third-order valence-electron chi connectivity index (χ3n) is 8.76. The SMILES string of the molecule is O=C1N[C@H]2C[C@@H](C(=O)N3CCC(CC3)CN(C(=O)c3ccccc3F)CCOCCOc3cccc1n3)N(Cc1cncnc1)C2. The Hall–Kier alpha value is -4.49. The van der Waals surface area contributed by atoms with Gasteiger partial charge in [0, 0.05) is 69.3 Å². The second kappa shape index (κ2) is 14.7. The van der Waals surface area contributed by atoms with Crippen LogP contribution in [0.15, 0.2) is 61.2 Å². The quantitative estimate of drug-likeness (QED) is 0.433. The Bertz CT molecular complexity index is 1520. The second-order valence-corrected chi connectivity index (χ2v) is 11.9. The molecule has 3 amide bonds. The van der Waals surface area contributed by atoms with Crippen LogP contribution < -0.4 is 10.1 Å². The standard InChI is InChI=1S/C33H38FN7O5/c34-27-5-2-1-4-26(27)32(43)40-12-13-45-14-15-46-30-7-3-6-28(38-30)31(42)37-25-16-29(33(44)39-10-8-23(19-40)9-11-39)41(21-25)20-24-17-35-22-36-18-24/h1-7,17-18,22-23,25,29H,8-16,19-21H2,(H,37,42)/t25-,29-/m0/s1. The van der Waals surface area contributed by atoms with E-state index in [-0.39, 0.29) is 73.2 Å². The van der Waals surface area contributed by atoms with E-state index in [0.717, 1.165) is 5.56 Å². The van der Waals surface area contributed by atoms with Crippen molar-refractivity contribution in [2.24, 2.45) is 5.92 Å². The number of likely N-dealkylation sites (tertiary alicyclic amines) is 1. The molecule has 13 heteroatoms. The van der Waals surface area contributed by atoms with E-state index in [1.54, 1.807) is 47.6 Å². The largest absolute Gasteiger partial charge is 0.475 e. The van der Waals surface area contributed by atoms with E-state index in [4.69, 9.17) is 9.47 Å². The van der Waals surface area contributed by atoms with Crippen molar-refractivity contribution in [1.29, 1.82) is 0 Å². The Morgan fingerprint density at radius 2 is 1.76 bits per heavy atom. The monoisotopic (exact) mass is 631 g/mol. The van der Waals surface area contributed by atoms with Crippen molar-refractivity contribution >= 4 is 17.7 Å². The summed E-state index contributed by atoms with van der Waals surface area (Å²) in [5.41, 5.74) is 1.12. The van der Waals surface area contributed by atoms with Gasteiger partial charge in [0.1, 0.15) is 24.4 Å². The summed E-state index contributed by atoms with van der Waals surface area (Å²) in [5, 5.41) is 3.07. The fourth-order valence-corrected chi connectivity index (χ4v) is 6.39. The van der Waals surface area contributed by atoms with E-state index in [1.165, 1.54) is 18.5 Å². The van der Waals surface area contributed by atoms with Crippen LogP contribution >= 0.6 is 0 Å². The summed E-state index contributed by atoms with van der Waals surface area (Å²) in [6.07, 6.45) is 6.81. The molecule has 0 spiro atoms. The van der Waals surface area contributed by atoms with Gasteiger partial charge in [0.25, 0.3) is 11.8 Å². The molecule has 242 valence electrons. The van der Waals surface area contributed by atoms with E-state index in [2.05, 4.69) is 25.2 Å². The lowest BCUT2D eigenvalue weighted by Gasteiger charge is -2.37. The number of fused-ring (bicyclic) bond motifs is 10. The first-order valence-corrected chi connectivity index (χ1v) is 15.7. The highest BCUT2D eigenvalue weighted by atomic mass is 19.1. The fourth-order valence-electron chi connectivity index (χ4n) is 6.39. The van der Waals surface area contributed by atoms with Gasteiger partial charge in [0.2, 0.25) is 11.8 Å². The van der Waals surface area contributed by atoms with Crippen LogP contribution in [0.25, 0.3) is 0 Å². The fraction of sp³-hybridized carbons (Fsp3) is 0.455. The van der Waals surface area contributed by atoms with Crippen LogP contribution in [0, 0.1) is 11.7 Å². The summed E-state index contributed by atoms with van der Waals surface area (Å²) in [6.45, 7) is 3.43. The maximum atomic E-state index is 14.6. The number of nitrogens with one attached hydrogen (secondary N) is 1. The van der Waals surface area contributed by atoms with Gasteiger partial charge in [-0.2, -0.15) is 0 Å². The number of amides is 3. The van der Waals surface area contributed by atoms with Crippen molar-refractivity contribution in [2.75, 3.05) is 52.5 Å². The lowest BCUT2D eigenvalue weighted by molar-refractivity contribution is -0.137. The molecule has 6 heterocycles. The summed E-state index contributed by atoms with van der Waals surface area (Å²) in [6, 6.07) is 10.3. The summed E-state index contributed by atoms with van der Waals surface area (Å²) in [5.74, 6) is -0.844. The second-order valence-electron chi connectivity index (χ2n) is 11.9. The van der Waals surface area contributed by atoms with E-state index in [9.17, 15) is 18.8 Å². The zero-order valence-corrected chi connectivity index (χ0v) is 25.6. The molecule has 3 aromatic rings. The number of hydrogen-bond donors (Lipinski definition) is 1. The van der Waals surface area contributed by atoms with Gasteiger partial charge in [0.15, 0.2) is 0 Å². The normalized spacial score (nSPS) is 23.4. The summed E-state index contributed by atoms with van der Waals surface area (Å²) in [7, 11) is 0. The van der Waals surface area contributed by atoms with Gasteiger partial charge in [-0.1, -0.05) is 18.2 Å². The molecule has 2 aromatic heterocycles. The van der Waals surface area contributed by atoms with Crippen LogP contribution in [0.2, 0.25) is 0 Å². The first kappa shape index (κ1) is 31.5. The number of carbonyl (C=O) groups excluding carboxylic acids is 3. The molecule has 1 aromatic carbocycles. The van der Waals surface area contributed by atoms with E-state index >= 15 is 0 Å². The van der Waals surface area contributed by atoms with Crippen LogP contribution in [-0.4, -0.2) is 112 Å². The Labute approximate surface area is 266 Å². The number of benzene rings is 1. The molecule has 7 rings (SSSR count). The van der Waals surface area contributed by atoms with Crippen molar-refractivity contribution in [3.63, 3.8) is 0 Å². The number of pyridine rings is 1. The van der Waals surface area contributed by atoms with Crippen molar-refractivity contribution in [3.8, 4) is 5.88 Å². The Morgan fingerprint density at radius 3 is 2.57 bits per heavy atom. The maximum absolute atomic E-state index is 14.6. The molecular weight excluding hydrogens is 593 g/mol. The summed E-state index contributed by atoms with van der Waals surface area (Å²) in [4.78, 5) is 58.9. The Balaban J connectivity index is 1.22. The molecular formula is C33H38FN7O5. The third kappa shape index (κ3) is 7.65. The van der Waals surface area contributed by atoms with Crippen LogP contribution in [0.4, 0.5) is 4.39 Å². The van der Waals surface area contributed by atoms with Gasteiger partial charge in [0.05, 0.1) is 24.8 Å². The minimum atomic E-state index is -0.561. The van der Waals surface area contributed by atoms with Gasteiger partial charge in [-0.05, 0) is 43.4 Å². The van der Waals surface area contributed by atoms with E-state index in [1.807, 2.05) is 4.90 Å². The van der Waals surface area contributed by atoms with Gasteiger partial charge >= 0.3 is 0 Å². The molecule has 2 saturated heterocycles. The van der Waals surface area contributed by atoms with Gasteiger partial charge in [-0.15, -0.1) is 0 Å². The number of nitrogens with zero attached hydrogens (tertiary/aromatic N) is 6. The predicted molar refractivity (Wildman–Crippen MR) is 164 cm³/mol. The molecule has 12 nitrogen and oxygen atoms in total. The van der Waals surface area contributed by atoms with Crippen molar-refractivity contribution in [1.82, 2.24) is 35.0 Å². The van der Waals surface area contributed by atoms with Gasteiger partial charge in [-0.3, -0.25) is 19.3 Å². The Kier molecular flexibility index (Phi) is 10.1. The molecule has 2 atom stereocenters. The van der Waals surface area contributed by atoms with Crippen LogP contribution in [0.1, 0.15) is 45.7 Å². The zero-order chi connectivity index (χ0) is 31.9. The number of carbonyl (C=O) groups is 3. The minimum absolute atomic E-state index is 0.0131. The van der Waals surface area contributed by atoms with E-state index in [0.29, 0.717) is 52.0 Å². The number of ether oxygens (including phenoxy) is 2. The number of hydrogen-bond acceptors (Lipinski definition) is 9. The van der Waals surface area contributed by atoms with Crippen molar-refractivity contribution in [3.05, 3.63) is 83.8 Å². The molecule has 4 aliphatic rings. The highest BCUT2D eigenvalue weighted by molar-refractivity contribution is 5.94. The van der Waals surface area contributed by atoms with Crippen molar-refractivity contribution < 1.29 is 28.2 Å². The molecule has 2 fully saturated rings. The molecule has 0 radical (unpaired) electrons. The molecule has 6 bridgehead atoms. The molecule has 4 aliphatic heterocycles. The molecule has 0 aliphatic carbocycles. The van der Waals surface area contributed by atoms with Crippen LogP contribution in [0.3, 0.4) is 0 Å². The number of halogens is 1. The lowest BCUT2D eigenvalue weighted by Crippen LogP contribution is -2.49. The summed E-state index contributed by atoms with van der Waals surface area (Å²) < 4.78 is 26.1. The number of rotatable bonds is 3. The summed E-state index contributed by atoms with van der Waals surface area (Å²) >= 11 is 0. The van der Waals surface area contributed by atoms with Crippen LogP contribution in [-0.2, 0) is 16.1 Å². The van der Waals surface area contributed by atoms with Gasteiger partial charge in [-0.25, -0.2) is 19.3 Å². The molecule has 1 N–H and O–H groups in total. The average Bonchev–Trinajstić information content (AvgIpc) is 3.47. The number of aromatic nitrogens is 3. The predicted octanol–water partition coefficient (Wildman–Crippen LogP) is 2.17. The first-order chi connectivity index (χ1) is 22.4. The first-order valence-electron chi connectivity index (χ1n) is 15.7. The van der Waals surface area contributed by atoms with Gasteiger partial charge < -0.3 is 24.6 Å². The third-order valence-corrected chi connectivity index (χ3v) is 8.76.